The Labute approximate surface area is 310 Å². The first-order valence-corrected chi connectivity index (χ1v) is 17.8. The number of rotatable bonds is 13. The van der Waals surface area contributed by atoms with Crippen LogP contribution in [0.2, 0.25) is 0 Å². The van der Waals surface area contributed by atoms with Gasteiger partial charge in [-0.15, -0.1) is 0 Å². The fraction of sp³-hybridized carbons (Fsp3) is 0.167. The minimum Gasteiger partial charge on any atom is -0.480 e. The van der Waals surface area contributed by atoms with E-state index in [1.54, 1.807) is 12.4 Å². The molecule has 0 radical (unpaired) electrons. The van der Waals surface area contributed by atoms with Gasteiger partial charge in [-0.25, -0.2) is 41.3 Å². The van der Waals surface area contributed by atoms with Crippen LogP contribution >= 0.6 is 0 Å². The molecule has 3 N–H and O–H groups in total. The third kappa shape index (κ3) is 8.11. The predicted octanol–water partition coefficient (Wildman–Crippen LogP) is 2.98. The van der Waals surface area contributed by atoms with Gasteiger partial charge in [0, 0.05) is 56.0 Å². The van der Waals surface area contributed by atoms with Crippen molar-refractivity contribution < 1.29 is 36.6 Å². The Bertz CT molecular complexity index is 2650. The lowest BCUT2D eigenvalue weighted by atomic mass is 10.1. The fourth-order valence-corrected chi connectivity index (χ4v) is 6.50. The Morgan fingerprint density at radius 1 is 0.927 bits per heavy atom. The average Bonchev–Trinajstić information content (AvgIpc) is 3.18. The van der Waals surface area contributed by atoms with Gasteiger partial charge in [-0.3, -0.25) is 28.8 Å². The largest absolute Gasteiger partial charge is 0.480 e. The van der Waals surface area contributed by atoms with Crippen LogP contribution in [-0.4, -0.2) is 67.1 Å². The van der Waals surface area contributed by atoms with Crippen LogP contribution < -0.4 is 21.3 Å². The van der Waals surface area contributed by atoms with Crippen LogP contribution in [0.5, 0.6) is 0 Å². The maximum atomic E-state index is 15.2. The fourth-order valence-electron chi connectivity index (χ4n) is 5.44. The monoisotopic (exact) mass is 772 g/mol. The number of nitrogens with zero attached hydrogens (tertiary/aromatic N) is 6. The van der Waals surface area contributed by atoms with Crippen LogP contribution in [0.4, 0.5) is 14.5 Å². The summed E-state index contributed by atoms with van der Waals surface area (Å²) < 4.78 is 65.8. The van der Waals surface area contributed by atoms with Gasteiger partial charge in [-0.05, 0) is 48.9 Å². The molecule has 16 nitrogen and oxygen atoms in total. The normalized spacial score (nSPS) is 12.0. The van der Waals surface area contributed by atoms with Crippen LogP contribution in [0.3, 0.4) is 0 Å². The number of carboxylic acid groups (broad SMARTS) is 1. The van der Waals surface area contributed by atoms with Gasteiger partial charge in [0.2, 0.25) is 0 Å². The van der Waals surface area contributed by atoms with Crippen LogP contribution in [0.25, 0.3) is 27.7 Å². The molecule has 1 amide bonds. The highest BCUT2D eigenvalue weighted by Crippen LogP contribution is 2.25. The summed E-state index contributed by atoms with van der Waals surface area (Å²) in [6, 6.07) is 8.83. The second kappa shape index (κ2) is 15.7. The topological polar surface area (TPSA) is 217 Å². The minimum atomic E-state index is -4.43. The lowest BCUT2D eigenvalue weighted by Gasteiger charge is -2.16. The molecule has 0 bridgehead atoms. The smallest absolute Gasteiger partial charge is 0.335 e. The maximum Gasteiger partial charge on any atom is 0.335 e. The lowest BCUT2D eigenvalue weighted by Crippen LogP contribution is -2.42. The molecule has 4 aromatic heterocycles. The Morgan fingerprint density at radius 3 is 2.31 bits per heavy atom. The molecule has 6 aromatic rings. The first-order valence-electron chi connectivity index (χ1n) is 16.3. The van der Waals surface area contributed by atoms with Gasteiger partial charge in [0.25, 0.3) is 21.5 Å². The van der Waals surface area contributed by atoms with Crippen LogP contribution in [0.1, 0.15) is 28.8 Å². The Hall–Kier alpha value is -6.73. The summed E-state index contributed by atoms with van der Waals surface area (Å²) in [5.41, 5.74) is -1.29. The number of aromatic nitrogens is 6. The number of pyridine rings is 2. The number of carbonyl (C=O) groups is 2. The predicted molar refractivity (Wildman–Crippen MR) is 193 cm³/mol. The second-order valence-corrected chi connectivity index (χ2v) is 13.6. The number of benzene rings is 2. The van der Waals surface area contributed by atoms with Crippen molar-refractivity contribution in [3.8, 4) is 16.8 Å². The molecule has 0 unspecified atom stereocenters. The third-order valence-electron chi connectivity index (χ3n) is 8.34. The molecule has 0 fully saturated rings. The maximum absolute atomic E-state index is 15.2. The number of halogens is 2. The molecule has 6 rings (SSSR count). The van der Waals surface area contributed by atoms with E-state index in [0.29, 0.717) is 41.2 Å². The van der Waals surface area contributed by atoms with E-state index in [2.05, 4.69) is 25.3 Å². The van der Waals surface area contributed by atoms with Crippen LogP contribution in [0.15, 0.2) is 100 Å². The van der Waals surface area contributed by atoms with E-state index in [1.807, 2.05) is 11.6 Å². The summed E-state index contributed by atoms with van der Waals surface area (Å²) in [6.07, 6.45) is 6.63. The SMILES string of the molecule is CCOCc1ncc(-c2ccc(S(=O)(=O)Nc3cc(F)c(C(=O)N[C@@H](Cc4ccc(-n5c(=O)c6ccncc6n(C)c5=O)cn4)C(=O)O)cc3F)cc2)cn1. The zero-order valence-corrected chi connectivity index (χ0v) is 29.8. The van der Waals surface area contributed by atoms with E-state index in [-0.39, 0.29) is 28.3 Å². The Morgan fingerprint density at radius 2 is 1.65 bits per heavy atom. The summed E-state index contributed by atoms with van der Waals surface area (Å²) >= 11 is 0. The quantitative estimate of drug-likeness (QED) is 0.154. The molecule has 0 saturated carbocycles. The van der Waals surface area contributed by atoms with Crippen molar-refractivity contribution in [2.45, 2.75) is 30.9 Å². The number of fused-ring (bicyclic) bond motifs is 1. The van der Waals surface area contributed by atoms with E-state index in [4.69, 9.17) is 4.74 Å². The third-order valence-corrected chi connectivity index (χ3v) is 9.72. The van der Waals surface area contributed by atoms with Crippen molar-refractivity contribution in [2.24, 2.45) is 7.05 Å². The molecule has 19 heteroatoms. The van der Waals surface area contributed by atoms with Crippen molar-refractivity contribution in [3.05, 3.63) is 135 Å². The molecular weight excluding hydrogens is 743 g/mol. The highest BCUT2D eigenvalue weighted by atomic mass is 32.2. The molecule has 0 saturated heterocycles. The molecule has 0 aliphatic rings. The van der Waals surface area contributed by atoms with Crippen molar-refractivity contribution in [1.82, 2.24) is 34.4 Å². The van der Waals surface area contributed by atoms with E-state index in [0.717, 1.165) is 4.57 Å². The van der Waals surface area contributed by atoms with Crippen molar-refractivity contribution >= 4 is 38.5 Å². The van der Waals surface area contributed by atoms with E-state index >= 15 is 8.78 Å². The lowest BCUT2D eigenvalue weighted by molar-refractivity contribution is -0.139. The molecule has 0 spiro atoms. The number of aryl methyl sites for hydroxylation is 1. The number of nitrogens with one attached hydrogen (secondary N) is 2. The van der Waals surface area contributed by atoms with Crippen molar-refractivity contribution in [1.29, 1.82) is 0 Å². The molecule has 0 aliphatic heterocycles. The van der Waals surface area contributed by atoms with Crippen LogP contribution in [-0.2, 0) is 39.6 Å². The zero-order valence-electron chi connectivity index (χ0n) is 28.9. The van der Waals surface area contributed by atoms with Gasteiger partial charge in [0.1, 0.15) is 24.3 Å². The van der Waals surface area contributed by atoms with Gasteiger partial charge in [-0.2, -0.15) is 0 Å². The standard InChI is InChI=1S/C36H30F2N8O8S/c1-3-54-19-32-41-15-21(16-42-32)20-4-8-24(9-5-20)55(52,53)44-29-14-27(37)26(13-28(29)38)33(47)43-30(35(49)50)12-22-6-7-23(17-40-22)46-34(48)25-10-11-39-18-31(25)45(2)36(46)51/h4-11,13-18,30,44H,3,12,19H2,1-2H3,(H,43,47)(H,49,50)/t30-/m0/s1. The number of carboxylic acids is 1. The van der Waals surface area contributed by atoms with E-state index in [9.17, 15) is 32.7 Å². The zero-order chi connectivity index (χ0) is 39.4. The number of hydrogen-bond acceptors (Lipinski definition) is 11. The first kappa shape index (κ1) is 38.0. The Balaban J connectivity index is 1.14. The average molecular weight is 773 g/mol. The van der Waals surface area contributed by atoms with Crippen molar-refractivity contribution in [3.63, 3.8) is 0 Å². The first-order chi connectivity index (χ1) is 26.3. The van der Waals surface area contributed by atoms with Crippen LogP contribution in [0, 0.1) is 11.6 Å². The van der Waals surface area contributed by atoms with Gasteiger partial charge < -0.3 is 15.2 Å². The van der Waals surface area contributed by atoms with Gasteiger partial charge in [-0.1, -0.05) is 12.1 Å². The molecule has 4 heterocycles. The summed E-state index contributed by atoms with van der Waals surface area (Å²) in [5, 5.41) is 12.1. The number of aliphatic carboxylic acids is 1. The summed E-state index contributed by atoms with van der Waals surface area (Å²) in [7, 11) is -2.97. The number of carbonyl (C=O) groups excluding carboxylic acids is 1. The molecule has 1 atom stereocenters. The summed E-state index contributed by atoms with van der Waals surface area (Å²) in [4.78, 5) is 67.3. The van der Waals surface area contributed by atoms with Gasteiger partial charge in [0.15, 0.2) is 5.82 Å². The number of anilines is 1. The number of sulfonamides is 1. The van der Waals surface area contributed by atoms with Crippen molar-refractivity contribution in [2.75, 3.05) is 11.3 Å². The summed E-state index contributed by atoms with van der Waals surface area (Å²) in [5.74, 6) is -5.02. The number of ether oxygens (including phenoxy) is 1. The van der Waals surface area contributed by atoms with E-state index in [1.165, 1.54) is 72.7 Å². The molecule has 0 aliphatic carbocycles. The highest BCUT2D eigenvalue weighted by molar-refractivity contribution is 7.92. The molecule has 55 heavy (non-hydrogen) atoms. The van der Waals surface area contributed by atoms with E-state index < -0.39 is 68.5 Å². The second-order valence-electron chi connectivity index (χ2n) is 11.9. The minimum absolute atomic E-state index is 0.0870. The Kier molecular flexibility index (Phi) is 10.9. The number of amides is 1. The molecule has 282 valence electrons. The summed E-state index contributed by atoms with van der Waals surface area (Å²) in [6.45, 7) is 2.58. The van der Waals surface area contributed by atoms with Gasteiger partial charge in [0.05, 0.1) is 45.1 Å². The highest BCUT2D eigenvalue weighted by Gasteiger charge is 2.26. The molecular formula is C36H30F2N8O8S. The number of hydrogen-bond donors (Lipinski definition) is 3. The van der Waals surface area contributed by atoms with Gasteiger partial charge >= 0.3 is 11.7 Å². The molecule has 2 aromatic carbocycles.